The van der Waals surface area contributed by atoms with Crippen molar-refractivity contribution in [1.82, 2.24) is 9.55 Å². The van der Waals surface area contributed by atoms with E-state index in [1.165, 1.54) is 35.1 Å². The monoisotopic (exact) mass is 425 g/mol. The van der Waals surface area contributed by atoms with Gasteiger partial charge in [-0.1, -0.05) is 54.6 Å². The molecular formula is C27H27N3O2. The van der Waals surface area contributed by atoms with Crippen molar-refractivity contribution in [3.63, 3.8) is 0 Å². The van der Waals surface area contributed by atoms with Gasteiger partial charge in [-0.15, -0.1) is 0 Å². The maximum absolute atomic E-state index is 12.5. The highest BCUT2D eigenvalue weighted by molar-refractivity contribution is 5.99. The topological polar surface area (TPSA) is 47.4 Å². The summed E-state index contributed by atoms with van der Waals surface area (Å²) >= 11 is 0. The minimum atomic E-state index is -0.404. The number of hydrogen-bond acceptors (Lipinski definition) is 4. The van der Waals surface area contributed by atoms with Gasteiger partial charge in [0.1, 0.15) is 0 Å². The number of aromatic nitrogens is 2. The van der Waals surface area contributed by atoms with E-state index < -0.39 is 5.97 Å². The van der Waals surface area contributed by atoms with Crippen molar-refractivity contribution in [3.8, 4) is 0 Å². The summed E-state index contributed by atoms with van der Waals surface area (Å²) in [5.74, 6) is 0.447. The molecule has 0 N–H and O–H groups in total. The zero-order chi connectivity index (χ0) is 22.2. The van der Waals surface area contributed by atoms with E-state index in [1.807, 2.05) is 12.1 Å². The molecule has 0 unspecified atom stereocenters. The fraction of sp³-hybridized carbons (Fsp3) is 0.259. The molecule has 0 saturated carbocycles. The van der Waals surface area contributed by atoms with Crippen LogP contribution < -0.4 is 4.90 Å². The van der Waals surface area contributed by atoms with Crippen molar-refractivity contribution in [1.29, 1.82) is 0 Å². The van der Waals surface area contributed by atoms with E-state index in [1.54, 1.807) is 0 Å². The van der Waals surface area contributed by atoms with Crippen LogP contribution in [0.4, 0.5) is 5.82 Å². The maximum atomic E-state index is 12.5. The number of carbonyl (C=O) groups excluding carboxylic acids is 1. The summed E-state index contributed by atoms with van der Waals surface area (Å²) < 4.78 is 7.37. The van der Waals surface area contributed by atoms with Gasteiger partial charge in [-0.25, -0.2) is 9.78 Å². The van der Waals surface area contributed by atoms with Crippen LogP contribution in [0.5, 0.6) is 0 Å². The summed E-state index contributed by atoms with van der Waals surface area (Å²) in [4.78, 5) is 19.6. The molecule has 0 amide bonds. The Morgan fingerprint density at radius 1 is 1.03 bits per heavy atom. The Balaban J connectivity index is 1.71. The van der Waals surface area contributed by atoms with E-state index in [4.69, 9.17) is 9.72 Å². The number of pyridine rings is 1. The van der Waals surface area contributed by atoms with Gasteiger partial charge in [-0.05, 0) is 48.6 Å². The second-order valence-corrected chi connectivity index (χ2v) is 8.44. The smallest absolute Gasteiger partial charge is 0.356 e. The van der Waals surface area contributed by atoms with E-state index >= 15 is 0 Å². The third-order valence-corrected chi connectivity index (χ3v) is 6.60. The molecule has 1 aliphatic heterocycles. The van der Waals surface area contributed by atoms with Crippen molar-refractivity contribution in [2.24, 2.45) is 0 Å². The van der Waals surface area contributed by atoms with E-state index in [0.29, 0.717) is 5.69 Å². The Hall–Kier alpha value is -3.60. The molecule has 5 rings (SSSR count). The molecule has 0 bridgehead atoms. The number of hydrogen-bond donors (Lipinski definition) is 0. The Morgan fingerprint density at radius 3 is 2.50 bits per heavy atom. The number of nitrogens with zero attached hydrogens (tertiary/aromatic N) is 3. The molecule has 1 aliphatic rings. The molecule has 0 fully saturated rings. The van der Waals surface area contributed by atoms with Crippen LogP contribution >= 0.6 is 0 Å². The summed E-state index contributed by atoms with van der Waals surface area (Å²) in [5.41, 5.74) is 7.72. The average Bonchev–Trinajstić information content (AvgIpc) is 3.08. The van der Waals surface area contributed by atoms with E-state index in [2.05, 4.69) is 71.8 Å². The molecule has 2 aromatic carbocycles. The molecule has 5 nitrogen and oxygen atoms in total. The minimum absolute atomic E-state index is 0.355. The molecule has 4 aromatic rings. The van der Waals surface area contributed by atoms with Gasteiger partial charge in [0.25, 0.3) is 0 Å². The largest absolute Gasteiger partial charge is 0.464 e. The Bertz CT molecular complexity index is 1310. The fourth-order valence-corrected chi connectivity index (χ4v) is 4.71. The Labute approximate surface area is 188 Å². The lowest BCUT2D eigenvalue weighted by Crippen LogP contribution is -2.32. The van der Waals surface area contributed by atoms with Crippen molar-refractivity contribution < 1.29 is 9.53 Å². The van der Waals surface area contributed by atoms with Gasteiger partial charge in [0.05, 0.1) is 12.6 Å². The first-order valence-corrected chi connectivity index (χ1v) is 11.0. The van der Waals surface area contributed by atoms with Crippen LogP contribution in [0.1, 0.15) is 38.4 Å². The molecule has 0 saturated heterocycles. The molecule has 0 radical (unpaired) electrons. The summed E-state index contributed by atoms with van der Waals surface area (Å²) in [7, 11) is 1.41. The molecule has 32 heavy (non-hydrogen) atoms. The predicted molar refractivity (Wildman–Crippen MR) is 127 cm³/mol. The quantitative estimate of drug-likeness (QED) is 0.429. The number of benzene rings is 2. The van der Waals surface area contributed by atoms with Crippen LogP contribution in [0, 0.1) is 13.8 Å². The van der Waals surface area contributed by atoms with Crippen molar-refractivity contribution >= 4 is 22.7 Å². The van der Waals surface area contributed by atoms with E-state index in [9.17, 15) is 4.79 Å². The molecule has 3 heterocycles. The van der Waals surface area contributed by atoms with Crippen LogP contribution in [0.2, 0.25) is 0 Å². The first-order chi connectivity index (χ1) is 15.6. The van der Waals surface area contributed by atoms with Crippen LogP contribution in [0.15, 0.2) is 60.7 Å². The SMILES string of the molecule is COC(=O)c1cc2c(C)c(C)n(Cc3ccccc3)c2c(N2CCc3ccccc3C2)n1. The zero-order valence-electron chi connectivity index (χ0n) is 18.8. The maximum Gasteiger partial charge on any atom is 0.356 e. The van der Waals surface area contributed by atoms with Gasteiger partial charge in [0.2, 0.25) is 0 Å². The summed E-state index contributed by atoms with van der Waals surface area (Å²) in [6, 6.07) is 20.9. The van der Waals surface area contributed by atoms with Crippen molar-refractivity contribution in [2.45, 2.75) is 33.4 Å². The lowest BCUT2D eigenvalue weighted by Gasteiger charge is -2.31. The van der Waals surface area contributed by atoms with Gasteiger partial charge in [0.15, 0.2) is 11.5 Å². The van der Waals surface area contributed by atoms with Crippen LogP contribution in [-0.4, -0.2) is 29.2 Å². The standard InChI is InChI=1S/C27H27N3O2/c1-18-19(2)30(16-20-9-5-4-6-10-20)25-23(18)15-24(27(31)32-3)28-26(25)29-14-13-21-11-7-8-12-22(21)17-29/h4-12,15H,13-14,16-17H2,1-3H3. The zero-order valence-corrected chi connectivity index (χ0v) is 18.8. The van der Waals surface area contributed by atoms with Gasteiger partial charge < -0.3 is 14.2 Å². The van der Waals surface area contributed by atoms with Gasteiger partial charge >= 0.3 is 5.97 Å². The highest BCUT2D eigenvalue weighted by Gasteiger charge is 2.25. The number of fused-ring (bicyclic) bond motifs is 2. The summed E-state index contributed by atoms with van der Waals surface area (Å²) in [5, 5.41) is 1.06. The molecule has 0 spiro atoms. The van der Waals surface area contributed by atoms with Gasteiger partial charge in [0, 0.05) is 30.7 Å². The van der Waals surface area contributed by atoms with Gasteiger partial charge in [-0.3, -0.25) is 0 Å². The average molecular weight is 426 g/mol. The third-order valence-electron chi connectivity index (χ3n) is 6.60. The van der Waals surface area contributed by atoms with Crippen LogP contribution in [-0.2, 0) is 24.2 Å². The first-order valence-electron chi connectivity index (χ1n) is 11.0. The lowest BCUT2D eigenvalue weighted by molar-refractivity contribution is 0.0594. The summed E-state index contributed by atoms with van der Waals surface area (Å²) in [6.45, 7) is 6.66. The van der Waals surface area contributed by atoms with E-state index in [0.717, 1.165) is 42.8 Å². The molecular weight excluding hydrogens is 398 g/mol. The van der Waals surface area contributed by atoms with Crippen molar-refractivity contribution in [3.05, 3.63) is 94.3 Å². The second kappa shape index (κ2) is 8.15. The predicted octanol–water partition coefficient (Wildman–Crippen LogP) is 5.05. The molecule has 5 heteroatoms. The highest BCUT2D eigenvalue weighted by Crippen LogP contribution is 2.35. The second-order valence-electron chi connectivity index (χ2n) is 8.44. The van der Waals surface area contributed by atoms with Crippen LogP contribution in [0.25, 0.3) is 10.9 Å². The number of rotatable bonds is 4. The Morgan fingerprint density at radius 2 is 1.75 bits per heavy atom. The van der Waals surface area contributed by atoms with E-state index in [-0.39, 0.29) is 0 Å². The molecule has 0 atom stereocenters. The first kappa shape index (κ1) is 20.3. The third kappa shape index (κ3) is 3.44. The lowest BCUT2D eigenvalue weighted by atomic mass is 10.00. The highest BCUT2D eigenvalue weighted by atomic mass is 16.5. The van der Waals surface area contributed by atoms with Crippen molar-refractivity contribution in [2.75, 3.05) is 18.6 Å². The normalized spacial score (nSPS) is 13.3. The fourth-order valence-electron chi connectivity index (χ4n) is 4.71. The molecule has 162 valence electrons. The number of esters is 1. The van der Waals surface area contributed by atoms with Gasteiger partial charge in [-0.2, -0.15) is 0 Å². The van der Waals surface area contributed by atoms with Crippen LogP contribution in [0.3, 0.4) is 0 Å². The summed E-state index contributed by atoms with van der Waals surface area (Å²) in [6.07, 6.45) is 0.957. The number of anilines is 1. The number of methoxy groups -OCH3 is 1. The minimum Gasteiger partial charge on any atom is -0.464 e. The molecule has 0 aliphatic carbocycles. The molecule has 2 aromatic heterocycles. The number of aryl methyl sites for hydroxylation is 1. The number of carbonyl (C=O) groups is 1. The Kier molecular flexibility index (Phi) is 5.17. The number of ether oxygens (including phenoxy) is 1.